The summed E-state index contributed by atoms with van der Waals surface area (Å²) in [6.45, 7) is 2.02. The van der Waals surface area contributed by atoms with E-state index in [1.807, 2.05) is 0 Å². The van der Waals surface area contributed by atoms with E-state index in [1.54, 1.807) is 31.2 Å². The molecule has 2 rings (SSSR count). The molecule has 1 aliphatic heterocycles. The molecule has 1 aliphatic rings. The van der Waals surface area contributed by atoms with E-state index in [9.17, 15) is 16.8 Å². The van der Waals surface area contributed by atoms with Crippen LogP contribution in [0.2, 0.25) is 0 Å². The number of nitrogens with one attached hydrogen (secondary N) is 1. The summed E-state index contributed by atoms with van der Waals surface area (Å²) in [6, 6.07) is 6.79. The standard InChI is InChI=1S/C13H19NO4S2/c1-11-4-2-3-5-13(11)20(17,18)14-8-6-12-7-9-19(15,16)10-12/h2-5,12,14H,6-10H2,1H3. The van der Waals surface area contributed by atoms with Crippen LogP contribution in [-0.2, 0) is 19.9 Å². The molecule has 1 saturated heterocycles. The second kappa shape index (κ2) is 5.83. The Morgan fingerprint density at radius 3 is 2.60 bits per heavy atom. The lowest BCUT2D eigenvalue weighted by molar-refractivity contribution is 0.527. The summed E-state index contributed by atoms with van der Waals surface area (Å²) in [7, 11) is -6.41. The van der Waals surface area contributed by atoms with E-state index in [2.05, 4.69) is 4.72 Å². The average molecular weight is 317 g/mol. The van der Waals surface area contributed by atoms with Gasteiger partial charge in [-0.3, -0.25) is 0 Å². The predicted molar refractivity (Wildman–Crippen MR) is 77.7 cm³/mol. The van der Waals surface area contributed by atoms with Gasteiger partial charge in [-0.2, -0.15) is 0 Å². The summed E-state index contributed by atoms with van der Waals surface area (Å²) in [5.74, 6) is 0.473. The van der Waals surface area contributed by atoms with Gasteiger partial charge < -0.3 is 0 Å². The van der Waals surface area contributed by atoms with Crippen molar-refractivity contribution in [1.82, 2.24) is 4.72 Å². The normalized spacial score (nSPS) is 21.9. The van der Waals surface area contributed by atoms with Crippen molar-refractivity contribution in [3.05, 3.63) is 29.8 Å². The quantitative estimate of drug-likeness (QED) is 0.882. The van der Waals surface area contributed by atoms with Crippen molar-refractivity contribution in [3.63, 3.8) is 0 Å². The molecule has 0 aromatic heterocycles. The van der Waals surface area contributed by atoms with Gasteiger partial charge in [0, 0.05) is 6.54 Å². The van der Waals surface area contributed by atoms with Crippen LogP contribution < -0.4 is 4.72 Å². The van der Waals surface area contributed by atoms with E-state index in [0.29, 0.717) is 18.4 Å². The van der Waals surface area contributed by atoms with Crippen molar-refractivity contribution in [2.24, 2.45) is 5.92 Å². The summed E-state index contributed by atoms with van der Waals surface area (Å²) >= 11 is 0. The molecule has 1 fully saturated rings. The number of aryl methyl sites for hydroxylation is 1. The highest BCUT2D eigenvalue weighted by atomic mass is 32.2. The lowest BCUT2D eigenvalue weighted by Gasteiger charge is -2.11. The summed E-state index contributed by atoms with van der Waals surface area (Å²) < 4.78 is 49.5. The molecule has 1 aromatic carbocycles. The fraction of sp³-hybridized carbons (Fsp3) is 0.538. The minimum atomic E-state index is -3.51. The summed E-state index contributed by atoms with van der Waals surface area (Å²) in [6.07, 6.45) is 1.19. The zero-order valence-electron chi connectivity index (χ0n) is 11.4. The molecule has 7 heteroatoms. The SMILES string of the molecule is Cc1ccccc1S(=O)(=O)NCCC1CCS(=O)(=O)C1. The molecular weight excluding hydrogens is 298 g/mol. The molecule has 0 bridgehead atoms. The molecule has 1 N–H and O–H groups in total. The molecule has 0 amide bonds. The third kappa shape index (κ3) is 3.80. The zero-order valence-corrected chi connectivity index (χ0v) is 13.0. The first-order chi connectivity index (χ1) is 9.30. The van der Waals surface area contributed by atoms with Gasteiger partial charge in [-0.05, 0) is 37.3 Å². The molecule has 5 nitrogen and oxygen atoms in total. The van der Waals surface area contributed by atoms with Crippen molar-refractivity contribution in [2.75, 3.05) is 18.1 Å². The van der Waals surface area contributed by atoms with Gasteiger partial charge in [0.1, 0.15) is 0 Å². The van der Waals surface area contributed by atoms with Gasteiger partial charge in [-0.25, -0.2) is 21.6 Å². The highest BCUT2D eigenvalue weighted by Crippen LogP contribution is 2.21. The van der Waals surface area contributed by atoms with Crippen LogP contribution in [0.1, 0.15) is 18.4 Å². The fourth-order valence-corrected chi connectivity index (χ4v) is 5.64. The maximum atomic E-state index is 12.1. The molecule has 0 saturated carbocycles. The molecule has 1 aromatic rings. The Hall–Kier alpha value is -0.920. The number of hydrogen-bond acceptors (Lipinski definition) is 4. The Labute approximate surface area is 120 Å². The van der Waals surface area contributed by atoms with Gasteiger partial charge in [0.15, 0.2) is 9.84 Å². The Morgan fingerprint density at radius 2 is 2.00 bits per heavy atom. The van der Waals surface area contributed by atoms with E-state index in [4.69, 9.17) is 0 Å². The lowest BCUT2D eigenvalue weighted by atomic mass is 10.1. The smallest absolute Gasteiger partial charge is 0.229 e. The first kappa shape index (κ1) is 15.5. The van der Waals surface area contributed by atoms with Crippen molar-refractivity contribution < 1.29 is 16.8 Å². The van der Waals surface area contributed by atoms with Gasteiger partial charge in [0.25, 0.3) is 0 Å². The molecule has 1 unspecified atom stereocenters. The predicted octanol–water partition coefficient (Wildman–Crippen LogP) is 1.10. The summed E-state index contributed by atoms with van der Waals surface area (Å²) in [4.78, 5) is 0.277. The number of benzene rings is 1. The van der Waals surface area contributed by atoms with Crippen molar-refractivity contribution in [3.8, 4) is 0 Å². The van der Waals surface area contributed by atoms with E-state index < -0.39 is 19.9 Å². The average Bonchev–Trinajstić information content (AvgIpc) is 2.69. The van der Waals surface area contributed by atoms with Crippen LogP contribution in [0.25, 0.3) is 0 Å². The Balaban J connectivity index is 1.93. The Bertz CT molecular complexity index is 680. The maximum Gasteiger partial charge on any atom is 0.240 e. The third-order valence-electron chi connectivity index (χ3n) is 3.55. The van der Waals surface area contributed by atoms with Gasteiger partial charge >= 0.3 is 0 Å². The first-order valence-corrected chi connectivity index (χ1v) is 9.86. The second-order valence-electron chi connectivity index (χ2n) is 5.22. The van der Waals surface area contributed by atoms with Crippen molar-refractivity contribution in [2.45, 2.75) is 24.7 Å². The van der Waals surface area contributed by atoms with Crippen LogP contribution in [-0.4, -0.2) is 34.9 Å². The largest absolute Gasteiger partial charge is 0.240 e. The van der Waals surface area contributed by atoms with Crippen molar-refractivity contribution >= 4 is 19.9 Å². The van der Waals surface area contributed by atoms with Crippen LogP contribution in [0.3, 0.4) is 0 Å². The van der Waals surface area contributed by atoms with E-state index >= 15 is 0 Å². The maximum absolute atomic E-state index is 12.1. The van der Waals surface area contributed by atoms with E-state index in [1.165, 1.54) is 0 Å². The fourth-order valence-electron chi connectivity index (χ4n) is 2.43. The molecular formula is C13H19NO4S2. The minimum absolute atomic E-state index is 0.0690. The summed E-state index contributed by atoms with van der Waals surface area (Å²) in [5.41, 5.74) is 0.698. The number of rotatable bonds is 5. The molecule has 20 heavy (non-hydrogen) atoms. The van der Waals surface area contributed by atoms with Crippen LogP contribution in [0.4, 0.5) is 0 Å². The summed E-state index contributed by atoms with van der Waals surface area (Å²) in [5, 5.41) is 0. The molecule has 112 valence electrons. The monoisotopic (exact) mass is 317 g/mol. The minimum Gasteiger partial charge on any atom is -0.229 e. The Morgan fingerprint density at radius 1 is 1.30 bits per heavy atom. The van der Waals surface area contributed by atoms with Crippen LogP contribution >= 0.6 is 0 Å². The molecule has 0 radical (unpaired) electrons. The highest BCUT2D eigenvalue weighted by molar-refractivity contribution is 7.91. The first-order valence-electron chi connectivity index (χ1n) is 6.56. The van der Waals surface area contributed by atoms with Crippen molar-refractivity contribution in [1.29, 1.82) is 0 Å². The Kier molecular flexibility index (Phi) is 4.51. The number of hydrogen-bond donors (Lipinski definition) is 1. The van der Waals surface area contributed by atoms with Gasteiger partial charge in [0.05, 0.1) is 16.4 Å². The number of sulfone groups is 1. The van der Waals surface area contributed by atoms with Gasteiger partial charge in [0.2, 0.25) is 10.0 Å². The van der Waals surface area contributed by atoms with E-state index in [-0.39, 0.29) is 28.9 Å². The lowest BCUT2D eigenvalue weighted by Crippen LogP contribution is -2.27. The second-order valence-corrected chi connectivity index (χ2v) is 9.19. The van der Waals surface area contributed by atoms with E-state index in [0.717, 1.165) is 0 Å². The number of sulfonamides is 1. The topological polar surface area (TPSA) is 80.3 Å². The molecule has 0 aliphatic carbocycles. The zero-order chi connectivity index (χ0) is 14.8. The van der Waals surface area contributed by atoms with Crippen LogP contribution in [0, 0.1) is 12.8 Å². The molecule has 1 atom stereocenters. The van der Waals surface area contributed by atoms with Gasteiger partial charge in [-0.1, -0.05) is 18.2 Å². The molecule has 1 heterocycles. The van der Waals surface area contributed by atoms with Crippen LogP contribution in [0.15, 0.2) is 29.2 Å². The van der Waals surface area contributed by atoms with Crippen LogP contribution in [0.5, 0.6) is 0 Å². The van der Waals surface area contributed by atoms with Gasteiger partial charge in [-0.15, -0.1) is 0 Å². The highest BCUT2D eigenvalue weighted by Gasteiger charge is 2.27. The molecule has 0 spiro atoms. The third-order valence-corrected chi connectivity index (χ3v) is 7.01.